The van der Waals surface area contributed by atoms with Gasteiger partial charge in [-0.1, -0.05) is 65.0 Å². The van der Waals surface area contributed by atoms with Crippen LogP contribution in [0, 0.1) is 11.3 Å². The zero-order valence-electron chi connectivity index (χ0n) is 32.2. The Labute approximate surface area is 318 Å². The number of aromatic nitrogens is 1. The zero-order valence-corrected chi connectivity index (χ0v) is 33.0. The number of carbonyl (C=O) groups is 5. The fraction of sp³-hybridized carbons (Fsp3) is 0.737. The van der Waals surface area contributed by atoms with Crippen LogP contribution in [0.1, 0.15) is 113 Å². The van der Waals surface area contributed by atoms with Gasteiger partial charge < -0.3 is 40.7 Å². The number of aliphatic hydroxyl groups is 1. The van der Waals surface area contributed by atoms with E-state index >= 15 is 0 Å². The molecule has 6 atom stereocenters. The molecule has 0 radical (unpaired) electrons. The minimum Gasteiger partial charge on any atom is -0.472 e. The lowest BCUT2D eigenvalue weighted by Gasteiger charge is -2.37. The van der Waals surface area contributed by atoms with E-state index in [-0.39, 0.29) is 30.8 Å². The van der Waals surface area contributed by atoms with Gasteiger partial charge in [-0.3, -0.25) is 19.2 Å². The van der Waals surface area contributed by atoms with Crippen LogP contribution in [0.3, 0.4) is 0 Å². The number of halogens is 1. The van der Waals surface area contributed by atoms with E-state index in [1.807, 2.05) is 27.7 Å². The average Bonchev–Trinajstić information content (AvgIpc) is 3.80. The maximum Gasteiger partial charge on any atom is 0.408 e. The summed E-state index contributed by atoms with van der Waals surface area (Å²) in [5.41, 5.74) is -1.60. The molecule has 3 aliphatic rings. The van der Waals surface area contributed by atoms with E-state index in [0.717, 1.165) is 44.9 Å². The third-order valence-corrected chi connectivity index (χ3v) is 10.0. The first-order valence-corrected chi connectivity index (χ1v) is 19.4. The van der Waals surface area contributed by atoms with Crippen molar-refractivity contribution in [1.82, 2.24) is 31.2 Å². The summed E-state index contributed by atoms with van der Waals surface area (Å²) in [5.74, 6) is -2.03. The second-order valence-corrected chi connectivity index (χ2v) is 17.2. The highest BCUT2D eigenvalue weighted by Gasteiger charge is 2.47. The van der Waals surface area contributed by atoms with Crippen molar-refractivity contribution < 1.29 is 38.6 Å². The zero-order chi connectivity index (χ0) is 39.1. The molecule has 1 saturated heterocycles. The molecule has 2 aliphatic carbocycles. The van der Waals surface area contributed by atoms with Crippen LogP contribution in [0.5, 0.6) is 5.88 Å². The van der Waals surface area contributed by atoms with E-state index in [1.165, 1.54) is 11.1 Å². The van der Waals surface area contributed by atoms with Crippen LogP contribution < -0.4 is 26.0 Å². The molecular formula is C38H59ClN6O8. The summed E-state index contributed by atoms with van der Waals surface area (Å²) in [7, 11) is 0. The molecule has 1 aliphatic heterocycles. The summed E-state index contributed by atoms with van der Waals surface area (Å²) in [6, 6.07) is -0.762. The van der Waals surface area contributed by atoms with Gasteiger partial charge >= 0.3 is 6.09 Å². The SMILES string of the molecule is CCC[C@H](NC(=O)[C@@H]1CC(Oc2ccc(Cl)cn2)CN1C(=O)[C@@H](NC(=O)C(NC(=O)OC(C)(C)C)C1CCCCC1)C(C)(C)C)C(O)C(=O)NC1CC1. The highest BCUT2D eigenvalue weighted by molar-refractivity contribution is 6.30. The standard InChI is InChI=1S/C38H59ClN6O8/c1-8-12-26(30(46)34(49)41-24-16-17-24)42-32(47)27-19-25(52-28-18-15-23(39)20-40-28)21-45(27)35(50)31(37(2,3)4)44-33(48)29(22-13-10-9-11-14-22)43-36(51)53-38(5,6)7/h15,18,20,22,24-27,29-31,46H,8-14,16-17,19,21H2,1-7H3,(H,41,49)(H,42,47)(H,43,51)(H,44,48)/t25?,26-,27-,29?,30?,31+/m0/s1. The number of nitrogens with zero attached hydrogens (tertiary/aromatic N) is 2. The highest BCUT2D eigenvalue weighted by Crippen LogP contribution is 2.31. The monoisotopic (exact) mass is 762 g/mol. The molecule has 0 bridgehead atoms. The van der Waals surface area contributed by atoms with Crippen LogP contribution in [-0.2, 0) is 23.9 Å². The Balaban J connectivity index is 1.60. The fourth-order valence-electron chi connectivity index (χ4n) is 6.92. The van der Waals surface area contributed by atoms with Gasteiger partial charge in [0.2, 0.25) is 23.6 Å². The second kappa shape index (κ2) is 18.1. The molecule has 2 saturated carbocycles. The van der Waals surface area contributed by atoms with E-state index < -0.39 is 77.1 Å². The number of pyridine rings is 1. The third-order valence-electron chi connectivity index (χ3n) is 9.81. The summed E-state index contributed by atoms with van der Waals surface area (Å²) >= 11 is 6.02. The quantitative estimate of drug-likeness (QED) is 0.187. The number of amides is 5. The van der Waals surface area contributed by atoms with Crippen molar-refractivity contribution in [2.24, 2.45) is 11.3 Å². The third kappa shape index (κ3) is 12.4. The molecule has 14 nitrogen and oxygen atoms in total. The van der Waals surface area contributed by atoms with Crippen molar-refractivity contribution in [3.8, 4) is 5.88 Å². The van der Waals surface area contributed by atoms with Crippen molar-refractivity contribution in [2.45, 2.75) is 161 Å². The lowest BCUT2D eigenvalue weighted by molar-refractivity contribution is -0.145. The molecule has 0 spiro atoms. The van der Waals surface area contributed by atoms with Crippen LogP contribution in [0.4, 0.5) is 4.79 Å². The van der Waals surface area contributed by atoms with Crippen LogP contribution >= 0.6 is 11.6 Å². The van der Waals surface area contributed by atoms with Gasteiger partial charge in [0, 0.05) is 24.7 Å². The normalized spacial score (nSPS) is 21.8. The molecule has 5 amide bonds. The molecular weight excluding hydrogens is 704 g/mol. The Morgan fingerprint density at radius 1 is 0.962 bits per heavy atom. The topological polar surface area (TPSA) is 188 Å². The van der Waals surface area contributed by atoms with Gasteiger partial charge in [-0.25, -0.2) is 9.78 Å². The predicted octanol–water partition coefficient (Wildman–Crippen LogP) is 4.01. The maximum absolute atomic E-state index is 14.7. The number of ether oxygens (including phenoxy) is 2. The first kappa shape index (κ1) is 42.1. The van der Waals surface area contributed by atoms with Crippen molar-refractivity contribution in [1.29, 1.82) is 0 Å². The summed E-state index contributed by atoms with van der Waals surface area (Å²) in [5, 5.41) is 22.8. The lowest BCUT2D eigenvalue weighted by atomic mass is 9.82. The Kier molecular flexibility index (Phi) is 14.4. The van der Waals surface area contributed by atoms with Crippen molar-refractivity contribution >= 4 is 41.3 Å². The molecule has 1 aromatic heterocycles. The fourth-order valence-corrected chi connectivity index (χ4v) is 7.03. The van der Waals surface area contributed by atoms with Gasteiger partial charge in [-0.05, 0) is 70.3 Å². The first-order chi connectivity index (χ1) is 24.9. The van der Waals surface area contributed by atoms with Crippen LogP contribution in [-0.4, -0.2) is 99.3 Å². The van der Waals surface area contributed by atoms with E-state index in [1.54, 1.807) is 32.9 Å². The molecule has 296 valence electrons. The van der Waals surface area contributed by atoms with Crippen LogP contribution in [0.2, 0.25) is 5.02 Å². The Hall–Kier alpha value is -3.65. The molecule has 0 aromatic carbocycles. The predicted molar refractivity (Wildman–Crippen MR) is 199 cm³/mol. The number of likely N-dealkylation sites (tertiary alicyclic amines) is 1. The average molecular weight is 763 g/mol. The number of hydrogen-bond acceptors (Lipinski definition) is 9. The Morgan fingerprint density at radius 3 is 2.21 bits per heavy atom. The molecule has 15 heteroatoms. The maximum atomic E-state index is 14.7. The molecule has 2 heterocycles. The van der Waals surface area contributed by atoms with Gasteiger partial charge in [0.1, 0.15) is 29.8 Å². The Morgan fingerprint density at radius 2 is 1.64 bits per heavy atom. The lowest BCUT2D eigenvalue weighted by Crippen LogP contribution is -2.62. The van der Waals surface area contributed by atoms with E-state index in [2.05, 4.69) is 26.3 Å². The van der Waals surface area contributed by atoms with Gasteiger partial charge in [0.15, 0.2) is 6.10 Å². The molecule has 4 rings (SSSR count). The van der Waals surface area contributed by atoms with Gasteiger partial charge in [-0.15, -0.1) is 0 Å². The summed E-state index contributed by atoms with van der Waals surface area (Å²) in [4.78, 5) is 74.3. The highest BCUT2D eigenvalue weighted by atomic mass is 35.5. The van der Waals surface area contributed by atoms with Crippen LogP contribution in [0.25, 0.3) is 0 Å². The summed E-state index contributed by atoms with van der Waals surface area (Å²) in [6.07, 6.45) is 5.59. The summed E-state index contributed by atoms with van der Waals surface area (Å²) < 4.78 is 11.6. The first-order valence-electron chi connectivity index (χ1n) is 19.0. The Bertz CT molecular complexity index is 1440. The van der Waals surface area contributed by atoms with E-state index in [0.29, 0.717) is 17.9 Å². The minimum atomic E-state index is -1.48. The number of carbonyl (C=O) groups excluding carboxylic acids is 5. The number of hydrogen-bond donors (Lipinski definition) is 5. The number of nitrogens with one attached hydrogen (secondary N) is 4. The van der Waals surface area contributed by atoms with Gasteiger partial charge in [0.05, 0.1) is 17.6 Å². The van der Waals surface area contributed by atoms with Crippen molar-refractivity contribution in [2.75, 3.05) is 6.54 Å². The molecule has 5 N–H and O–H groups in total. The minimum absolute atomic E-state index is 0.00491. The second-order valence-electron chi connectivity index (χ2n) is 16.8. The number of alkyl carbamates (subject to hydrolysis) is 1. The number of rotatable bonds is 14. The van der Waals surface area contributed by atoms with E-state index in [4.69, 9.17) is 21.1 Å². The largest absolute Gasteiger partial charge is 0.472 e. The van der Waals surface area contributed by atoms with Gasteiger partial charge in [-0.2, -0.15) is 0 Å². The smallest absolute Gasteiger partial charge is 0.408 e. The molecule has 3 unspecified atom stereocenters. The molecule has 53 heavy (non-hydrogen) atoms. The van der Waals surface area contributed by atoms with Crippen LogP contribution in [0.15, 0.2) is 18.3 Å². The van der Waals surface area contributed by atoms with Crippen molar-refractivity contribution in [3.63, 3.8) is 0 Å². The van der Waals surface area contributed by atoms with E-state index in [9.17, 15) is 29.1 Å². The summed E-state index contributed by atoms with van der Waals surface area (Å²) in [6.45, 7) is 12.6. The van der Waals surface area contributed by atoms with Gasteiger partial charge in [0.25, 0.3) is 5.91 Å². The molecule has 1 aromatic rings. The number of aliphatic hydroxyl groups excluding tert-OH is 1. The molecule has 3 fully saturated rings. The van der Waals surface area contributed by atoms with Crippen molar-refractivity contribution in [3.05, 3.63) is 23.4 Å².